The van der Waals surface area contributed by atoms with Crippen molar-refractivity contribution in [3.63, 3.8) is 0 Å². The average molecular weight is 261 g/mol. The molecule has 5 nitrogen and oxygen atoms in total. The van der Waals surface area contributed by atoms with Crippen LogP contribution in [0.5, 0.6) is 0 Å². The summed E-state index contributed by atoms with van der Waals surface area (Å²) in [5, 5.41) is 11.3. The molecule has 0 spiro atoms. The lowest BCUT2D eigenvalue weighted by Crippen LogP contribution is -2.21. The number of halogens is 1. The van der Waals surface area contributed by atoms with Crippen LogP contribution in [0.1, 0.15) is 11.3 Å². The molecule has 0 fully saturated rings. The van der Waals surface area contributed by atoms with E-state index in [9.17, 15) is 4.57 Å². The molecule has 0 bridgehead atoms. The van der Waals surface area contributed by atoms with E-state index < -0.39 is 13.4 Å². The van der Waals surface area contributed by atoms with E-state index >= 15 is 0 Å². The van der Waals surface area contributed by atoms with Crippen LogP contribution in [0.3, 0.4) is 0 Å². The van der Waals surface area contributed by atoms with Gasteiger partial charge in [0.15, 0.2) is 0 Å². The fourth-order valence-corrected chi connectivity index (χ4v) is 2.23. The number of rotatable bonds is 4. The normalized spacial score (nSPS) is 13.1. The van der Waals surface area contributed by atoms with Gasteiger partial charge in [0.25, 0.3) is 0 Å². The Kier molecular flexibility index (Phi) is 4.48. The first-order chi connectivity index (χ1) is 7.45. The number of nitrogens with zero attached hydrogens (tertiary/aromatic N) is 1. The maximum Gasteiger partial charge on any atom is 0.346 e. The molecule has 86 valence electrons. The third-order valence-corrected chi connectivity index (χ3v) is 3.30. The van der Waals surface area contributed by atoms with E-state index in [2.05, 4.69) is 5.32 Å². The molecule has 0 amide bonds. The first-order valence-corrected chi connectivity index (χ1v) is 6.42. The van der Waals surface area contributed by atoms with Gasteiger partial charge in [-0.05, 0) is 17.7 Å². The van der Waals surface area contributed by atoms with Gasteiger partial charge in [0.05, 0.1) is 12.6 Å². The van der Waals surface area contributed by atoms with Gasteiger partial charge in [-0.2, -0.15) is 5.26 Å². The van der Waals surface area contributed by atoms with Crippen LogP contribution in [0.4, 0.5) is 0 Å². The molecule has 0 aliphatic heterocycles. The Balaban J connectivity index is 2.98. The molecule has 1 rings (SSSR count). The molecule has 1 aromatic rings. The lowest BCUT2D eigenvalue weighted by atomic mass is 10.2. The van der Waals surface area contributed by atoms with Crippen molar-refractivity contribution in [3.8, 4) is 6.07 Å². The van der Waals surface area contributed by atoms with Crippen molar-refractivity contribution in [3.05, 3.63) is 34.9 Å². The summed E-state index contributed by atoms with van der Waals surface area (Å²) in [7, 11) is -4.35. The maximum atomic E-state index is 11.2. The zero-order valence-corrected chi connectivity index (χ0v) is 9.82. The van der Waals surface area contributed by atoms with Crippen molar-refractivity contribution >= 4 is 19.2 Å². The highest BCUT2D eigenvalue weighted by Crippen LogP contribution is 2.49. The van der Waals surface area contributed by atoms with E-state index in [-0.39, 0.29) is 6.54 Å². The Hall–Kier alpha value is -0.890. The molecule has 0 aliphatic carbocycles. The molecular weight excluding hydrogens is 251 g/mol. The highest BCUT2D eigenvalue weighted by molar-refractivity contribution is 7.52. The zero-order valence-electron chi connectivity index (χ0n) is 8.17. The van der Waals surface area contributed by atoms with Crippen molar-refractivity contribution in [2.24, 2.45) is 0 Å². The van der Waals surface area contributed by atoms with Crippen LogP contribution < -0.4 is 5.32 Å². The third-order valence-electron chi connectivity index (χ3n) is 1.90. The van der Waals surface area contributed by atoms with Crippen LogP contribution in [0.25, 0.3) is 0 Å². The van der Waals surface area contributed by atoms with Gasteiger partial charge in [-0.3, -0.25) is 9.88 Å². The first kappa shape index (κ1) is 13.2. The number of hydrogen-bond acceptors (Lipinski definition) is 3. The second kappa shape index (κ2) is 5.44. The molecule has 1 atom stereocenters. The summed E-state index contributed by atoms with van der Waals surface area (Å²) < 4.78 is 11.2. The van der Waals surface area contributed by atoms with E-state index in [4.69, 9.17) is 26.6 Å². The standard InChI is InChI=1S/C9H10ClN2O3P/c10-8-3-1-7(2-4-8)9(12-6-5-11)16(13,14)15/h1-4,9,12H,6H2,(H2,13,14,15). The Morgan fingerprint density at radius 2 is 2.00 bits per heavy atom. The molecule has 0 heterocycles. The Bertz CT molecular complexity index is 437. The van der Waals surface area contributed by atoms with Crippen LogP contribution in [-0.2, 0) is 4.57 Å². The minimum absolute atomic E-state index is 0.140. The van der Waals surface area contributed by atoms with Gasteiger partial charge in [0, 0.05) is 5.02 Å². The Morgan fingerprint density at radius 1 is 1.44 bits per heavy atom. The summed E-state index contributed by atoms with van der Waals surface area (Å²) in [6, 6.07) is 7.86. The number of nitriles is 1. The molecule has 0 saturated carbocycles. The quantitative estimate of drug-likeness (QED) is 0.565. The number of hydrogen-bond donors (Lipinski definition) is 3. The molecule has 16 heavy (non-hydrogen) atoms. The summed E-state index contributed by atoms with van der Waals surface area (Å²) in [5.74, 6) is -1.18. The predicted octanol–water partition coefficient (Wildman–Crippen LogP) is 1.63. The van der Waals surface area contributed by atoms with Crippen molar-refractivity contribution in [2.75, 3.05) is 6.54 Å². The van der Waals surface area contributed by atoms with Gasteiger partial charge in [-0.1, -0.05) is 23.7 Å². The fourth-order valence-electron chi connectivity index (χ4n) is 1.22. The fraction of sp³-hybridized carbons (Fsp3) is 0.222. The van der Waals surface area contributed by atoms with Gasteiger partial charge in [0.2, 0.25) is 0 Å². The molecule has 0 saturated heterocycles. The highest BCUT2D eigenvalue weighted by atomic mass is 35.5. The van der Waals surface area contributed by atoms with Crippen LogP contribution >= 0.6 is 19.2 Å². The van der Waals surface area contributed by atoms with Crippen molar-refractivity contribution in [2.45, 2.75) is 5.78 Å². The SMILES string of the molecule is N#CCNC(c1ccc(Cl)cc1)P(=O)(O)O. The topological polar surface area (TPSA) is 93.4 Å². The van der Waals surface area contributed by atoms with Gasteiger partial charge in [-0.25, -0.2) is 0 Å². The molecule has 0 aliphatic rings. The largest absolute Gasteiger partial charge is 0.346 e. The maximum absolute atomic E-state index is 11.2. The minimum Gasteiger partial charge on any atom is -0.323 e. The van der Waals surface area contributed by atoms with E-state index in [1.54, 1.807) is 6.07 Å². The van der Waals surface area contributed by atoms with Crippen LogP contribution in [0.2, 0.25) is 5.02 Å². The average Bonchev–Trinajstić information content (AvgIpc) is 2.19. The van der Waals surface area contributed by atoms with Crippen LogP contribution in [-0.4, -0.2) is 16.3 Å². The lowest BCUT2D eigenvalue weighted by molar-refractivity contribution is 0.350. The van der Waals surface area contributed by atoms with Gasteiger partial charge < -0.3 is 9.79 Å². The van der Waals surface area contributed by atoms with Gasteiger partial charge >= 0.3 is 7.60 Å². The van der Waals surface area contributed by atoms with E-state index in [1.807, 2.05) is 0 Å². The number of benzene rings is 1. The molecule has 3 N–H and O–H groups in total. The third kappa shape index (κ3) is 3.60. The van der Waals surface area contributed by atoms with Gasteiger partial charge in [0.1, 0.15) is 5.78 Å². The van der Waals surface area contributed by atoms with E-state index in [0.717, 1.165) is 0 Å². The van der Waals surface area contributed by atoms with Crippen LogP contribution in [0, 0.1) is 11.3 Å². The highest BCUT2D eigenvalue weighted by Gasteiger charge is 2.29. The van der Waals surface area contributed by atoms with Gasteiger partial charge in [-0.15, -0.1) is 0 Å². The molecule has 1 unspecified atom stereocenters. The van der Waals surface area contributed by atoms with E-state index in [0.29, 0.717) is 10.6 Å². The molecule has 0 aromatic heterocycles. The Labute approximate surface area is 97.8 Å². The molecule has 7 heteroatoms. The number of nitrogens with one attached hydrogen (secondary N) is 1. The monoisotopic (exact) mass is 260 g/mol. The first-order valence-electron chi connectivity index (χ1n) is 4.36. The minimum atomic E-state index is -4.35. The summed E-state index contributed by atoms with van der Waals surface area (Å²) in [6.45, 7) is -0.140. The smallest absolute Gasteiger partial charge is 0.323 e. The predicted molar refractivity (Wildman–Crippen MR) is 59.9 cm³/mol. The molecule has 1 aromatic carbocycles. The summed E-state index contributed by atoms with van der Waals surface area (Å²) in [6.07, 6.45) is 0. The second-order valence-corrected chi connectivity index (χ2v) is 5.21. The lowest BCUT2D eigenvalue weighted by Gasteiger charge is -2.18. The molecular formula is C9H10ClN2O3P. The summed E-state index contributed by atoms with van der Waals surface area (Å²) in [4.78, 5) is 18.3. The van der Waals surface area contributed by atoms with E-state index in [1.165, 1.54) is 24.3 Å². The zero-order chi connectivity index (χ0) is 12.2. The molecule has 0 radical (unpaired) electrons. The van der Waals surface area contributed by atoms with Crippen LogP contribution in [0.15, 0.2) is 24.3 Å². The van der Waals surface area contributed by atoms with Crippen molar-refractivity contribution in [1.82, 2.24) is 5.32 Å². The summed E-state index contributed by atoms with van der Waals surface area (Å²) in [5.41, 5.74) is 0.396. The van der Waals surface area contributed by atoms with Crippen molar-refractivity contribution < 1.29 is 14.4 Å². The van der Waals surface area contributed by atoms with Crippen molar-refractivity contribution in [1.29, 1.82) is 5.26 Å². The Morgan fingerprint density at radius 3 is 2.44 bits per heavy atom. The second-order valence-electron chi connectivity index (χ2n) is 3.08. The summed E-state index contributed by atoms with van der Waals surface area (Å²) >= 11 is 5.67.